The number of rotatable bonds is 2. The minimum Gasteiger partial charge on any atom is -0.347 e. The molecular formula is C15H19FN2O3. The van der Waals surface area contributed by atoms with Crippen molar-refractivity contribution in [3.05, 3.63) is 35.6 Å². The molecule has 1 aromatic rings. The Morgan fingerprint density at radius 3 is 2.67 bits per heavy atom. The molecule has 0 atom stereocenters. The van der Waals surface area contributed by atoms with E-state index in [1.807, 2.05) is 0 Å². The molecule has 1 aromatic carbocycles. The van der Waals surface area contributed by atoms with Crippen LogP contribution in [0.5, 0.6) is 0 Å². The van der Waals surface area contributed by atoms with E-state index >= 15 is 0 Å². The van der Waals surface area contributed by atoms with E-state index in [-0.39, 0.29) is 11.8 Å². The Labute approximate surface area is 123 Å². The quantitative estimate of drug-likeness (QED) is 0.906. The third-order valence-corrected chi connectivity index (χ3v) is 3.96. The first-order valence-corrected chi connectivity index (χ1v) is 7.22. The van der Waals surface area contributed by atoms with Gasteiger partial charge < -0.3 is 19.7 Å². The molecular weight excluding hydrogens is 275 g/mol. The van der Waals surface area contributed by atoms with Crippen molar-refractivity contribution >= 4 is 6.03 Å². The number of urea groups is 1. The Balaban J connectivity index is 1.48. The zero-order valence-electron chi connectivity index (χ0n) is 11.8. The maximum absolute atomic E-state index is 13.1. The molecule has 1 spiro atoms. The van der Waals surface area contributed by atoms with Gasteiger partial charge in [0.15, 0.2) is 5.79 Å². The molecule has 0 aromatic heterocycles. The monoisotopic (exact) mass is 294 g/mol. The number of amides is 2. The normalized spacial score (nSPS) is 20.7. The minimum absolute atomic E-state index is 0.132. The van der Waals surface area contributed by atoms with Crippen molar-refractivity contribution in [2.75, 3.05) is 26.3 Å². The fraction of sp³-hybridized carbons (Fsp3) is 0.533. The molecule has 1 N–H and O–H groups in total. The van der Waals surface area contributed by atoms with Crippen LogP contribution in [0.2, 0.25) is 0 Å². The van der Waals surface area contributed by atoms with Gasteiger partial charge in [-0.15, -0.1) is 0 Å². The van der Waals surface area contributed by atoms with Crippen molar-refractivity contribution in [1.82, 2.24) is 10.2 Å². The maximum Gasteiger partial charge on any atom is 0.317 e. The molecule has 3 rings (SSSR count). The van der Waals surface area contributed by atoms with Crippen molar-refractivity contribution in [2.24, 2.45) is 0 Å². The predicted octanol–water partition coefficient (Wildman–Crippen LogP) is 1.87. The van der Waals surface area contributed by atoms with Gasteiger partial charge >= 0.3 is 6.03 Å². The highest BCUT2D eigenvalue weighted by molar-refractivity contribution is 5.74. The number of piperidine rings is 1. The van der Waals surface area contributed by atoms with Crippen molar-refractivity contribution in [1.29, 1.82) is 0 Å². The van der Waals surface area contributed by atoms with Crippen LogP contribution in [0.1, 0.15) is 18.4 Å². The van der Waals surface area contributed by atoms with Crippen LogP contribution in [0.4, 0.5) is 9.18 Å². The van der Waals surface area contributed by atoms with Gasteiger partial charge in [0.2, 0.25) is 0 Å². The van der Waals surface area contributed by atoms with Gasteiger partial charge in [-0.05, 0) is 17.7 Å². The zero-order valence-corrected chi connectivity index (χ0v) is 11.8. The van der Waals surface area contributed by atoms with E-state index in [9.17, 15) is 9.18 Å². The number of carbonyl (C=O) groups is 1. The lowest BCUT2D eigenvalue weighted by atomic mass is 10.0. The first kappa shape index (κ1) is 14.3. The standard InChI is InChI=1S/C15H19FN2O3/c16-13-3-1-2-12(10-13)11-17-14(19)18-6-4-15(5-7-18)20-8-9-21-15/h1-3,10H,4-9,11H2,(H,17,19). The van der Waals surface area contributed by atoms with Gasteiger partial charge in [-0.1, -0.05) is 12.1 Å². The smallest absolute Gasteiger partial charge is 0.317 e. The molecule has 0 radical (unpaired) electrons. The van der Waals surface area contributed by atoms with Gasteiger partial charge in [0, 0.05) is 32.5 Å². The molecule has 21 heavy (non-hydrogen) atoms. The molecule has 6 heteroatoms. The number of ether oxygens (including phenoxy) is 2. The molecule has 0 unspecified atom stereocenters. The summed E-state index contributed by atoms with van der Waals surface area (Å²) in [4.78, 5) is 13.8. The second-order valence-electron chi connectivity index (χ2n) is 5.38. The Morgan fingerprint density at radius 1 is 1.29 bits per heavy atom. The van der Waals surface area contributed by atoms with E-state index in [0.29, 0.717) is 45.7 Å². The van der Waals surface area contributed by atoms with Crippen LogP contribution in [0.15, 0.2) is 24.3 Å². The van der Waals surface area contributed by atoms with E-state index in [1.165, 1.54) is 12.1 Å². The number of nitrogens with one attached hydrogen (secondary N) is 1. The second-order valence-corrected chi connectivity index (χ2v) is 5.38. The fourth-order valence-corrected chi connectivity index (χ4v) is 2.77. The summed E-state index contributed by atoms with van der Waals surface area (Å²) in [6.07, 6.45) is 1.39. The number of likely N-dealkylation sites (tertiary alicyclic amines) is 1. The van der Waals surface area contributed by atoms with Crippen LogP contribution in [-0.4, -0.2) is 43.0 Å². The first-order valence-electron chi connectivity index (χ1n) is 7.22. The molecule has 2 amide bonds. The lowest BCUT2D eigenvalue weighted by molar-refractivity contribution is -0.181. The Kier molecular flexibility index (Phi) is 4.07. The lowest BCUT2D eigenvalue weighted by Gasteiger charge is -2.37. The van der Waals surface area contributed by atoms with Gasteiger partial charge in [-0.2, -0.15) is 0 Å². The molecule has 0 saturated carbocycles. The van der Waals surface area contributed by atoms with E-state index in [0.717, 1.165) is 5.56 Å². The Bertz CT molecular complexity index is 507. The number of hydrogen-bond donors (Lipinski definition) is 1. The van der Waals surface area contributed by atoms with E-state index in [2.05, 4.69) is 5.32 Å². The SMILES string of the molecule is O=C(NCc1cccc(F)c1)N1CCC2(CC1)OCCO2. The van der Waals surface area contributed by atoms with Crippen LogP contribution in [-0.2, 0) is 16.0 Å². The summed E-state index contributed by atoms with van der Waals surface area (Å²) < 4.78 is 24.3. The van der Waals surface area contributed by atoms with E-state index in [4.69, 9.17) is 9.47 Å². The summed E-state index contributed by atoms with van der Waals surface area (Å²) >= 11 is 0. The molecule has 0 bridgehead atoms. The van der Waals surface area contributed by atoms with Gasteiger partial charge in [-0.25, -0.2) is 9.18 Å². The average molecular weight is 294 g/mol. The van der Waals surface area contributed by atoms with Crippen LogP contribution < -0.4 is 5.32 Å². The lowest BCUT2D eigenvalue weighted by Crippen LogP contribution is -2.50. The van der Waals surface area contributed by atoms with Crippen LogP contribution in [0.25, 0.3) is 0 Å². The molecule has 2 aliphatic heterocycles. The first-order chi connectivity index (χ1) is 10.2. The number of nitrogens with zero attached hydrogens (tertiary/aromatic N) is 1. The highest BCUT2D eigenvalue weighted by Crippen LogP contribution is 2.31. The number of carbonyl (C=O) groups excluding carboxylic acids is 1. The van der Waals surface area contributed by atoms with Gasteiger partial charge in [-0.3, -0.25) is 0 Å². The van der Waals surface area contributed by atoms with Crippen molar-refractivity contribution < 1.29 is 18.7 Å². The van der Waals surface area contributed by atoms with Crippen LogP contribution in [0, 0.1) is 5.82 Å². The Hall–Kier alpha value is -1.66. The minimum atomic E-state index is -0.473. The van der Waals surface area contributed by atoms with Gasteiger partial charge in [0.1, 0.15) is 5.82 Å². The molecule has 2 heterocycles. The summed E-state index contributed by atoms with van der Waals surface area (Å²) in [5.74, 6) is -0.767. The average Bonchev–Trinajstić information content (AvgIpc) is 2.94. The molecule has 2 aliphatic rings. The number of halogens is 1. The van der Waals surface area contributed by atoms with E-state index in [1.54, 1.807) is 17.0 Å². The fourth-order valence-electron chi connectivity index (χ4n) is 2.77. The second kappa shape index (κ2) is 5.99. The summed E-state index contributed by atoms with van der Waals surface area (Å²) in [5.41, 5.74) is 0.749. The van der Waals surface area contributed by atoms with Crippen molar-refractivity contribution in [3.8, 4) is 0 Å². The van der Waals surface area contributed by atoms with Gasteiger partial charge in [0.25, 0.3) is 0 Å². The predicted molar refractivity (Wildman–Crippen MR) is 74.1 cm³/mol. The Morgan fingerprint density at radius 2 is 2.00 bits per heavy atom. The molecule has 5 nitrogen and oxygen atoms in total. The number of benzene rings is 1. The van der Waals surface area contributed by atoms with Crippen LogP contribution >= 0.6 is 0 Å². The van der Waals surface area contributed by atoms with Crippen molar-refractivity contribution in [3.63, 3.8) is 0 Å². The third kappa shape index (κ3) is 3.33. The van der Waals surface area contributed by atoms with Gasteiger partial charge in [0.05, 0.1) is 13.2 Å². The highest BCUT2D eigenvalue weighted by atomic mass is 19.1. The third-order valence-electron chi connectivity index (χ3n) is 3.96. The van der Waals surface area contributed by atoms with Crippen LogP contribution in [0.3, 0.4) is 0 Å². The van der Waals surface area contributed by atoms with Crippen molar-refractivity contribution in [2.45, 2.75) is 25.2 Å². The van der Waals surface area contributed by atoms with E-state index < -0.39 is 5.79 Å². The highest BCUT2D eigenvalue weighted by Gasteiger charge is 2.40. The topological polar surface area (TPSA) is 50.8 Å². The summed E-state index contributed by atoms with van der Waals surface area (Å²) in [6.45, 7) is 2.80. The molecule has 2 saturated heterocycles. The largest absolute Gasteiger partial charge is 0.347 e. The molecule has 2 fully saturated rings. The number of hydrogen-bond acceptors (Lipinski definition) is 3. The molecule has 0 aliphatic carbocycles. The summed E-state index contributed by atoms with van der Waals surface area (Å²) in [7, 11) is 0. The summed E-state index contributed by atoms with van der Waals surface area (Å²) in [6, 6.07) is 6.10. The molecule has 114 valence electrons. The summed E-state index contributed by atoms with van der Waals surface area (Å²) in [5, 5.41) is 2.81. The zero-order chi connectivity index (χ0) is 14.7. The maximum atomic E-state index is 13.1.